The van der Waals surface area contributed by atoms with Crippen LogP contribution in [0.2, 0.25) is 0 Å². The van der Waals surface area contributed by atoms with Gasteiger partial charge >= 0.3 is 0 Å². The van der Waals surface area contributed by atoms with Crippen LogP contribution in [0.25, 0.3) is 5.70 Å². The summed E-state index contributed by atoms with van der Waals surface area (Å²) in [6, 6.07) is 6.69. The fourth-order valence-electron chi connectivity index (χ4n) is 3.21. The lowest BCUT2D eigenvalue weighted by molar-refractivity contribution is -0.128. The summed E-state index contributed by atoms with van der Waals surface area (Å²) in [6.45, 7) is 14.1. The van der Waals surface area contributed by atoms with Crippen LogP contribution in [0.15, 0.2) is 30.8 Å². The fourth-order valence-corrected chi connectivity index (χ4v) is 3.21. The number of fused-ring (bicyclic) bond motifs is 1. The third kappa shape index (κ3) is 4.21. The highest BCUT2D eigenvalue weighted by Gasteiger charge is 2.37. The Morgan fingerprint density at radius 3 is 2.52 bits per heavy atom. The number of para-hydroxylation sites is 1. The summed E-state index contributed by atoms with van der Waals surface area (Å²) in [7, 11) is 0. The number of hydrogen-bond acceptors (Lipinski definition) is 3. The van der Waals surface area contributed by atoms with Crippen molar-refractivity contribution in [2.45, 2.75) is 59.2 Å². The van der Waals surface area contributed by atoms with Gasteiger partial charge in [0, 0.05) is 17.3 Å². The van der Waals surface area contributed by atoms with E-state index in [0.29, 0.717) is 18.0 Å². The molecule has 0 aliphatic carbocycles. The first-order chi connectivity index (χ1) is 11.7. The van der Waals surface area contributed by atoms with Crippen molar-refractivity contribution < 1.29 is 9.59 Å². The zero-order valence-electron chi connectivity index (χ0n) is 15.8. The number of rotatable bonds is 5. The molecule has 1 aliphatic heterocycles. The van der Waals surface area contributed by atoms with Gasteiger partial charge in [-0.2, -0.15) is 0 Å². The number of carbonyl (C=O) groups excluding carboxylic acids is 2. The van der Waals surface area contributed by atoms with Crippen molar-refractivity contribution in [3.05, 3.63) is 36.4 Å². The Hall–Kier alpha value is -2.30. The van der Waals surface area contributed by atoms with Gasteiger partial charge in [-0.25, -0.2) is 0 Å². The minimum absolute atomic E-state index is 0.0406. The van der Waals surface area contributed by atoms with Crippen molar-refractivity contribution in [2.75, 3.05) is 5.32 Å². The topological polar surface area (TPSA) is 61.4 Å². The van der Waals surface area contributed by atoms with Crippen molar-refractivity contribution in [3.8, 4) is 0 Å². The number of anilines is 1. The molecule has 2 rings (SSSR count). The van der Waals surface area contributed by atoms with E-state index in [4.69, 9.17) is 0 Å². The van der Waals surface area contributed by atoms with Gasteiger partial charge in [0.05, 0.1) is 5.69 Å². The molecule has 0 spiro atoms. The maximum atomic E-state index is 12.9. The normalized spacial score (nSPS) is 18.7. The highest BCUT2D eigenvalue weighted by Crippen LogP contribution is 2.33. The zero-order chi connectivity index (χ0) is 18.7. The molecule has 0 aromatic heterocycles. The number of nitrogens with one attached hydrogen (secondary N) is 2. The molecule has 5 heteroatoms. The summed E-state index contributed by atoms with van der Waals surface area (Å²) in [5.41, 5.74) is 2.29. The molecule has 1 aromatic carbocycles. The Balaban J connectivity index is 2.47. The summed E-state index contributed by atoms with van der Waals surface area (Å²) in [5.74, 6) is 0.116. The van der Waals surface area contributed by atoms with Gasteiger partial charge in [0.2, 0.25) is 11.8 Å². The van der Waals surface area contributed by atoms with Crippen LogP contribution in [-0.4, -0.2) is 34.8 Å². The Morgan fingerprint density at radius 2 is 1.92 bits per heavy atom. The van der Waals surface area contributed by atoms with Gasteiger partial charge in [0.25, 0.3) is 0 Å². The van der Waals surface area contributed by atoms with Gasteiger partial charge in [-0.1, -0.05) is 38.6 Å². The molecule has 25 heavy (non-hydrogen) atoms. The van der Waals surface area contributed by atoms with Crippen LogP contribution in [0.1, 0.15) is 46.6 Å². The molecule has 2 atom stereocenters. The lowest BCUT2D eigenvalue weighted by Gasteiger charge is -2.37. The van der Waals surface area contributed by atoms with Gasteiger partial charge in [-0.3, -0.25) is 9.59 Å². The van der Waals surface area contributed by atoms with E-state index in [0.717, 1.165) is 11.3 Å². The van der Waals surface area contributed by atoms with Crippen LogP contribution >= 0.6 is 0 Å². The van der Waals surface area contributed by atoms with Crippen LogP contribution in [0.3, 0.4) is 0 Å². The quantitative estimate of drug-likeness (QED) is 0.863. The summed E-state index contributed by atoms with van der Waals surface area (Å²) < 4.78 is 0. The van der Waals surface area contributed by atoms with Crippen LogP contribution < -0.4 is 10.6 Å². The zero-order valence-corrected chi connectivity index (χ0v) is 15.8. The SMILES string of the molecule is C=C1c2ccccc2NC(=O)C(C)N1C(CC(C)C)C(=O)NC(C)C. The molecule has 0 radical (unpaired) electrons. The molecule has 2 unspecified atom stereocenters. The van der Waals surface area contributed by atoms with Gasteiger partial charge < -0.3 is 15.5 Å². The first-order valence-corrected chi connectivity index (χ1v) is 8.90. The predicted octanol–water partition coefficient (Wildman–Crippen LogP) is 3.24. The van der Waals surface area contributed by atoms with E-state index in [2.05, 4.69) is 31.1 Å². The lowest BCUT2D eigenvalue weighted by Crippen LogP contribution is -2.53. The van der Waals surface area contributed by atoms with Gasteiger partial charge in [-0.15, -0.1) is 0 Å². The third-order valence-electron chi connectivity index (χ3n) is 4.37. The van der Waals surface area contributed by atoms with E-state index >= 15 is 0 Å². The smallest absolute Gasteiger partial charge is 0.246 e. The monoisotopic (exact) mass is 343 g/mol. The Morgan fingerprint density at radius 1 is 1.28 bits per heavy atom. The van der Waals surface area contributed by atoms with Crippen LogP contribution in [-0.2, 0) is 9.59 Å². The Bertz CT molecular complexity index is 667. The molecule has 136 valence electrons. The summed E-state index contributed by atoms with van der Waals surface area (Å²) in [5, 5.41) is 5.94. The average Bonchev–Trinajstić information content (AvgIpc) is 2.61. The summed E-state index contributed by atoms with van der Waals surface area (Å²) >= 11 is 0. The van der Waals surface area contributed by atoms with Crippen molar-refractivity contribution >= 4 is 23.2 Å². The molecule has 1 aliphatic rings. The molecule has 0 bridgehead atoms. The molecular weight excluding hydrogens is 314 g/mol. The fraction of sp³-hybridized carbons (Fsp3) is 0.500. The molecule has 0 saturated carbocycles. The van der Waals surface area contributed by atoms with Gasteiger partial charge in [0.1, 0.15) is 12.1 Å². The minimum Gasteiger partial charge on any atom is -0.352 e. The molecule has 2 amide bonds. The number of nitrogens with zero attached hydrogens (tertiary/aromatic N) is 1. The standard InChI is InChI=1S/C20H29N3O2/c1-12(2)11-18(20(25)21-13(3)4)23-14(5)16-9-7-8-10-17(16)22-19(24)15(23)6/h7-10,12-13,15,18H,5,11H2,1-4,6H3,(H,21,25)(H,22,24). The largest absolute Gasteiger partial charge is 0.352 e. The molecule has 2 N–H and O–H groups in total. The van der Waals surface area contributed by atoms with E-state index < -0.39 is 12.1 Å². The molecule has 5 nitrogen and oxygen atoms in total. The van der Waals surface area contributed by atoms with Crippen molar-refractivity contribution in [1.29, 1.82) is 0 Å². The second-order valence-electron chi connectivity index (χ2n) is 7.37. The molecule has 0 saturated heterocycles. The predicted molar refractivity (Wildman–Crippen MR) is 102 cm³/mol. The second kappa shape index (κ2) is 7.72. The number of carbonyl (C=O) groups is 2. The maximum Gasteiger partial charge on any atom is 0.246 e. The van der Waals surface area contributed by atoms with E-state index in [1.165, 1.54) is 0 Å². The van der Waals surface area contributed by atoms with Gasteiger partial charge in [-0.05, 0) is 39.2 Å². The van der Waals surface area contributed by atoms with Crippen LogP contribution in [0.4, 0.5) is 5.69 Å². The van der Waals surface area contributed by atoms with E-state index in [-0.39, 0.29) is 17.9 Å². The molecular formula is C20H29N3O2. The summed E-state index contributed by atoms with van der Waals surface area (Å²) in [4.78, 5) is 27.4. The van der Waals surface area contributed by atoms with E-state index in [9.17, 15) is 9.59 Å². The first kappa shape index (κ1) is 19.0. The second-order valence-corrected chi connectivity index (χ2v) is 7.37. The molecule has 1 heterocycles. The van der Waals surface area contributed by atoms with Crippen molar-refractivity contribution in [3.63, 3.8) is 0 Å². The lowest BCUT2D eigenvalue weighted by atomic mass is 9.98. The highest BCUT2D eigenvalue weighted by atomic mass is 16.2. The Kier molecular flexibility index (Phi) is 5.88. The molecule has 1 aromatic rings. The summed E-state index contributed by atoms with van der Waals surface area (Å²) in [6.07, 6.45) is 0.650. The van der Waals surface area contributed by atoms with Gasteiger partial charge in [0.15, 0.2) is 0 Å². The number of benzene rings is 1. The van der Waals surface area contributed by atoms with Crippen LogP contribution in [0.5, 0.6) is 0 Å². The van der Waals surface area contributed by atoms with Crippen LogP contribution in [0, 0.1) is 5.92 Å². The van der Waals surface area contributed by atoms with Crippen molar-refractivity contribution in [1.82, 2.24) is 10.2 Å². The minimum atomic E-state index is -0.485. The highest BCUT2D eigenvalue weighted by molar-refractivity contribution is 6.01. The molecule has 0 fully saturated rings. The third-order valence-corrected chi connectivity index (χ3v) is 4.37. The number of hydrogen-bond donors (Lipinski definition) is 2. The maximum absolute atomic E-state index is 12.9. The number of amides is 2. The average molecular weight is 343 g/mol. The van der Waals surface area contributed by atoms with E-state index in [1.807, 2.05) is 49.9 Å². The first-order valence-electron chi connectivity index (χ1n) is 8.90. The van der Waals surface area contributed by atoms with E-state index in [1.54, 1.807) is 0 Å². The van der Waals surface area contributed by atoms with Crippen molar-refractivity contribution in [2.24, 2.45) is 5.92 Å². The Labute approximate surface area is 150 Å².